The van der Waals surface area contributed by atoms with E-state index in [1.807, 2.05) is 24.3 Å². The minimum absolute atomic E-state index is 0.0606. The number of nitrogens with zero attached hydrogens (tertiary/aromatic N) is 1. The van der Waals surface area contributed by atoms with E-state index in [9.17, 15) is 14.7 Å². The molecule has 5 nitrogen and oxygen atoms in total. The van der Waals surface area contributed by atoms with Crippen LogP contribution in [0.5, 0.6) is 0 Å². The lowest BCUT2D eigenvalue weighted by Crippen LogP contribution is -2.48. The van der Waals surface area contributed by atoms with Gasteiger partial charge in [0.25, 0.3) is 0 Å². The van der Waals surface area contributed by atoms with Crippen LogP contribution in [0.2, 0.25) is 0 Å². The first kappa shape index (κ1) is 13.1. The van der Waals surface area contributed by atoms with Crippen LogP contribution in [0.25, 0.3) is 0 Å². The van der Waals surface area contributed by atoms with Gasteiger partial charge in [0.2, 0.25) is 5.91 Å². The predicted molar refractivity (Wildman–Crippen MR) is 74.6 cm³/mol. The minimum atomic E-state index is -0.932. The number of rotatable bonds is 2. The van der Waals surface area contributed by atoms with Gasteiger partial charge in [0.1, 0.15) is 6.04 Å². The summed E-state index contributed by atoms with van der Waals surface area (Å²) in [4.78, 5) is 25.7. The molecule has 2 N–H and O–H groups in total. The van der Waals surface area contributed by atoms with Gasteiger partial charge in [-0.2, -0.15) is 0 Å². The number of amides is 1. The van der Waals surface area contributed by atoms with Crippen LogP contribution in [0, 0.1) is 5.92 Å². The van der Waals surface area contributed by atoms with E-state index < -0.39 is 12.0 Å². The number of hydrogen-bond donors (Lipinski definition) is 2. The first-order valence-corrected chi connectivity index (χ1v) is 7.03. The number of benzene rings is 1. The number of nitrogens with one attached hydrogen (secondary N) is 1. The molecule has 2 aliphatic heterocycles. The number of para-hydroxylation sites is 1. The summed E-state index contributed by atoms with van der Waals surface area (Å²) >= 11 is 0. The highest BCUT2D eigenvalue weighted by Gasteiger charge is 2.40. The van der Waals surface area contributed by atoms with Gasteiger partial charge in [-0.25, -0.2) is 4.79 Å². The average molecular weight is 274 g/mol. The fourth-order valence-corrected chi connectivity index (χ4v) is 3.12. The van der Waals surface area contributed by atoms with Gasteiger partial charge in [-0.15, -0.1) is 0 Å². The molecule has 106 valence electrons. The quantitative estimate of drug-likeness (QED) is 0.845. The van der Waals surface area contributed by atoms with Gasteiger partial charge in [-0.05, 0) is 31.0 Å². The number of carbonyl (C=O) groups excluding carboxylic acids is 1. The topological polar surface area (TPSA) is 69.6 Å². The molecular weight excluding hydrogens is 256 g/mol. The van der Waals surface area contributed by atoms with Crippen molar-refractivity contribution < 1.29 is 14.7 Å². The van der Waals surface area contributed by atoms with Gasteiger partial charge in [0.15, 0.2) is 0 Å². The SMILES string of the molecule is O=C(O)C1Cc2ccccc2N1C(=O)C1CCCNC1. The summed E-state index contributed by atoms with van der Waals surface area (Å²) in [5.74, 6) is -1.11. The summed E-state index contributed by atoms with van der Waals surface area (Å²) in [6.45, 7) is 1.58. The molecule has 1 saturated heterocycles. The van der Waals surface area contributed by atoms with Gasteiger partial charge >= 0.3 is 5.97 Å². The molecule has 0 spiro atoms. The summed E-state index contributed by atoms with van der Waals surface area (Å²) in [6, 6.07) is 6.71. The Morgan fingerprint density at radius 3 is 2.80 bits per heavy atom. The van der Waals surface area contributed by atoms with E-state index in [2.05, 4.69) is 5.32 Å². The van der Waals surface area contributed by atoms with Crippen LogP contribution in [0.4, 0.5) is 5.69 Å². The summed E-state index contributed by atoms with van der Waals surface area (Å²) in [6.07, 6.45) is 2.19. The Morgan fingerprint density at radius 1 is 1.30 bits per heavy atom. The maximum atomic E-state index is 12.7. The number of carboxylic acids is 1. The Labute approximate surface area is 117 Å². The maximum absolute atomic E-state index is 12.7. The molecule has 1 aromatic rings. The third kappa shape index (κ3) is 2.18. The maximum Gasteiger partial charge on any atom is 0.327 e. The molecule has 1 aromatic carbocycles. The molecule has 0 saturated carbocycles. The number of carbonyl (C=O) groups is 2. The van der Waals surface area contributed by atoms with Gasteiger partial charge in [-0.3, -0.25) is 9.69 Å². The Bertz CT molecular complexity index is 538. The Balaban J connectivity index is 1.91. The number of aliphatic carboxylic acids is 1. The summed E-state index contributed by atoms with van der Waals surface area (Å²) in [5.41, 5.74) is 1.70. The van der Waals surface area contributed by atoms with E-state index in [4.69, 9.17) is 0 Å². The number of anilines is 1. The van der Waals surface area contributed by atoms with Crippen molar-refractivity contribution in [1.82, 2.24) is 5.32 Å². The Kier molecular flexibility index (Phi) is 3.44. The van der Waals surface area contributed by atoms with Crippen LogP contribution in [-0.4, -0.2) is 36.1 Å². The molecule has 3 rings (SSSR count). The zero-order valence-electron chi connectivity index (χ0n) is 11.2. The normalized spacial score (nSPS) is 25.3. The highest BCUT2D eigenvalue weighted by molar-refractivity contribution is 6.03. The second-order valence-electron chi connectivity index (χ2n) is 5.44. The molecule has 0 aliphatic carbocycles. The fraction of sp³-hybridized carbons (Fsp3) is 0.467. The molecule has 2 aliphatic rings. The third-order valence-corrected chi connectivity index (χ3v) is 4.14. The molecule has 5 heteroatoms. The van der Waals surface area contributed by atoms with E-state index in [1.165, 1.54) is 4.90 Å². The van der Waals surface area contributed by atoms with Gasteiger partial charge < -0.3 is 10.4 Å². The summed E-state index contributed by atoms with van der Waals surface area (Å²) in [5, 5.41) is 12.6. The largest absolute Gasteiger partial charge is 0.480 e. The van der Waals surface area contributed by atoms with Crippen molar-refractivity contribution in [3.8, 4) is 0 Å². The van der Waals surface area contributed by atoms with Crippen LogP contribution < -0.4 is 10.2 Å². The third-order valence-electron chi connectivity index (χ3n) is 4.14. The zero-order valence-corrected chi connectivity index (χ0v) is 11.2. The average Bonchev–Trinajstić information content (AvgIpc) is 2.87. The number of hydrogen-bond acceptors (Lipinski definition) is 3. The van der Waals surface area contributed by atoms with Crippen molar-refractivity contribution in [2.45, 2.75) is 25.3 Å². The van der Waals surface area contributed by atoms with Crippen LogP contribution in [0.15, 0.2) is 24.3 Å². The second kappa shape index (κ2) is 5.25. The lowest BCUT2D eigenvalue weighted by atomic mass is 9.97. The van der Waals surface area contributed by atoms with E-state index in [-0.39, 0.29) is 11.8 Å². The standard InChI is InChI=1S/C15H18N2O3/c18-14(11-5-3-7-16-9-11)17-12-6-2-1-4-10(12)8-13(17)15(19)20/h1-2,4,6,11,13,16H,3,5,7-9H2,(H,19,20). The van der Waals surface area contributed by atoms with Crippen molar-refractivity contribution >= 4 is 17.6 Å². The first-order valence-electron chi connectivity index (χ1n) is 7.03. The lowest BCUT2D eigenvalue weighted by Gasteiger charge is -2.29. The second-order valence-corrected chi connectivity index (χ2v) is 5.44. The molecule has 2 unspecified atom stereocenters. The van der Waals surface area contributed by atoms with Crippen molar-refractivity contribution in [2.75, 3.05) is 18.0 Å². The van der Waals surface area contributed by atoms with Gasteiger partial charge in [0.05, 0.1) is 5.92 Å². The zero-order chi connectivity index (χ0) is 14.1. The molecule has 1 fully saturated rings. The van der Waals surface area contributed by atoms with Crippen LogP contribution in [0.3, 0.4) is 0 Å². The molecule has 0 radical (unpaired) electrons. The van der Waals surface area contributed by atoms with Crippen molar-refractivity contribution in [2.24, 2.45) is 5.92 Å². The minimum Gasteiger partial charge on any atom is -0.480 e. The number of fused-ring (bicyclic) bond motifs is 1. The van der Waals surface area contributed by atoms with Gasteiger partial charge in [0, 0.05) is 18.7 Å². The van der Waals surface area contributed by atoms with E-state index in [0.717, 1.165) is 30.6 Å². The Morgan fingerprint density at radius 2 is 2.10 bits per heavy atom. The molecule has 0 aromatic heterocycles. The van der Waals surface area contributed by atoms with Gasteiger partial charge in [-0.1, -0.05) is 18.2 Å². The monoisotopic (exact) mass is 274 g/mol. The van der Waals surface area contributed by atoms with Crippen molar-refractivity contribution in [1.29, 1.82) is 0 Å². The first-order chi connectivity index (χ1) is 9.68. The van der Waals surface area contributed by atoms with Crippen molar-refractivity contribution in [3.63, 3.8) is 0 Å². The number of piperidine rings is 1. The fourth-order valence-electron chi connectivity index (χ4n) is 3.12. The highest BCUT2D eigenvalue weighted by atomic mass is 16.4. The summed E-state index contributed by atoms with van der Waals surface area (Å²) < 4.78 is 0. The molecule has 0 bridgehead atoms. The van der Waals surface area contributed by atoms with Crippen LogP contribution in [-0.2, 0) is 16.0 Å². The number of carboxylic acid groups (broad SMARTS) is 1. The Hall–Kier alpha value is -1.88. The summed E-state index contributed by atoms with van der Waals surface area (Å²) in [7, 11) is 0. The predicted octanol–water partition coefficient (Wildman–Crippen LogP) is 1.03. The molecular formula is C15H18N2O3. The highest BCUT2D eigenvalue weighted by Crippen LogP contribution is 2.34. The van der Waals surface area contributed by atoms with Crippen LogP contribution in [0.1, 0.15) is 18.4 Å². The molecule has 1 amide bonds. The van der Waals surface area contributed by atoms with E-state index >= 15 is 0 Å². The molecule has 2 heterocycles. The smallest absolute Gasteiger partial charge is 0.327 e. The molecule has 20 heavy (non-hydrogen) atoms. The van der Waals surface area contributed by atoms with Crippen LogP contribution >= 0.6 is 0 Å². The molecule has 2 atom stereocenters. The van der Waals surface area contributed by atoms with E-state index in [0.29, 0.717) is 13.0 Å². The van der Waals surface area contributed by atoms with E-state index in [1.54, 1.807) is 0 Å². The van der Waals surface area contributed by atoms with Crippen molar-refractivity contribution in [3.05, 3.63) is 29.8 Å². The lowest BCUT2D eigenvalue weighted by molar-refractivity contribution is -0.140.